The molecular weight excluding hydrogens is 258 g/mol. The zero-order chi connectivity index (χ0) is 15.2. The Hall–Kier alpha value is -1.02. The summed E-state index contributed by atoms with van der Waals surface area (Å²) in [6.45, 7) is 7.58. The van der Waals surface area contributed by atoms with E-state index in [0.717, 1.165) is 18.2 Å². The van der Waals surface area contributed by atoms with Gasteiger partial charge in [-0.1, -0.05) is 38.7 Å². The van der Waals surface area contributed by atoms with Crippen LogP contribution in [0, 0.1) is 19.8 Å². The fraction of sp³-hybridized carbons (Fsp3) is 0.684. The van der Waals surface area contributed by atoms with Crippen molar-refractivity contribution >= 4 is 0 Å². The van der Waals surface area contributed by atoms with Crippen molar-refractivity contribution in [2.24, 2.45) is 5.92 Å². The number of nitrogens with one attached hydrogen (secondary N) is 1. The van der Waals surface area contributed by atoms with E-state index in [2.05, 4.69) is 38.2 Å². The SMILES string of the molecule is CCNC(CCC1CCCC1)c1cc(C)c(OC)cc1C. The minimum Gasteiger partial charge on any atom is -0.496 e. The highest BCUT2D eigenvalue weighted by atomic mass is 16.5. The lowest BCUT2D eigenvalue weighted by molar-refractivity contribution is 0.406. The number of hydrogen-bond donors (Lipinski definition) is 1. The van der Waals surface area contributed by atoms with Gasteiger partial charge in [0.2, 0.25) is 0 Å². The van der Waals surface area contributed by atoms with E-state index in [1.165, 1.54) is 55.2 Å². The van der Waals surface area contributed by atoms with Crippen LogP contribution in [0.2, 0.25) is 0 Å². The summed E-state index contributed by atoms with van der Waals surface area (Å²) in [4.78, 5) is 0. The molecule has 1 aliphatic rings. The first-order valence-corrected chi connectivity index (χ1v) is 8.54. The van der Waals surface area contributed by atoms with Gasteiger partial charge in [0, 0.05) is 6.04 Å². The third-order valence-electron chi connectivity index (χ3n) is 4.95. The van der Waals surface area contributed by atoms with Crippen molar-refractivity contribution in [2.75, 3.05) is 13.7 Å². The molecule has 1 aromatic carbocycles. The van der Waals surface area contributed by atoms with Gasteiger partial charge in [0.05, 0.1) is 7.11 Å². The number of aryl methyl sites for hydroxylation is 2. The van der Waals surface area contributed by atoms with Crippen molar-refractivity contribution in [3.05, 3.63) is 28.8 Å². The summed E-state index contributed by atoms with van der Waals surface area (Å²) < 4.78 is 5.44. The van der Waals surface area contributed by atoms with Crippen molar-refractivity contribution in [1.82, 2.24) is 5.32 Å². The summed E-state index contributed by atoms with van der Waals surface area (Å²) in [5.41, 5.74) is 4.03. The van der Waals surface area contributed by atoms with E-state index in [0.29, 0.717) is 6.04 Å². The summed E-state index contributed by atoms with van der Waals surface area (Å²) in [5.74, 6) is 1.97. The molecule has 2 nitrogen and oxygen atoms in total. The molecule has 0 bridgehead atoms. The molecule has 0 spiro atoms. The van der Waals surface area contributed by atoms with E-state index in [1.807, 2.05) is 0 Å². The number of hydrogen-bond acceptors (Lipinski definition) is 2. The molecule has 0 saturated heterocycles. The Morgan fingerprint density at radius 3 is 2.52 bits per heavy atom. The lowest BCUT2D eigenvalue weighted by atomic mass is 9.91. The Kier molecular flexibility index (Phi) is 6.10. The zero-order valence-electron chi connectivity index (χ0n) is 14.2. The van der Waals surface area contributed by atoms with Gasteiger partial charge in [-0.15, -0.1) is 0 Å². The molecule has 21 heavy (non-hydrogen) atoms. The average Bonchev–Trinajstić information content (AvgIpc) is 2.99. The van der Waals surface area contributed by atoms with Gasteiger partial charge in [-0.05, 0) is 61.9 Å². The van der Waals surface area contributed by atoms with Gasteiger partial charge in [-0.3, -0.25) is 0 Å². The molecule has 118 valence electrons. The first kappa shape index (κ1) is 16.4. The van der Waals surface area contributed by atoms with Gasteiger partial charge in [-0.2, -0.15) is 0 Å². The lowest BCUT2D eigenvalue weighted by Gasteiger charge is -2.23. The topological polar surface area (TPSA) is 21.3 Å². The Bertz CT molecular complexity index is 449. The minimum atomic E-state index is 0.486. The smallest absolute Gasteiger partial charge is 0.122 e. The van der Waals surface area contributed by atoms with Crippen LogP contribution in [0.25, 0.3) is 0 Å². The van der Waals surface area contributed by atoms with Crippen LogP contribution in [0.3, 0.4) is 0 Å². The molecule has 1 unspecified atom stereocenters. The maximum Gasteiger partial charge on any atom is 0.122 e. The van der Waals surface area contributed by atoms with Gasteiger partial charge in [0.15, 0.2) is 0 Å². The summed E-state index contributed by atoms with van der Waals surface area (Å²) in [6, 6.07) is 4.99. The fourth-order valence-corrected chi connectivity index (χ4v) is 3.72. The lowest BCUT2D eigenvalue weighted by Crippen LogP contribution is -2.22. The third kappa shape index (κ3) is 4.23. The van der Waals surface area contributed by atoms with Crippen LogP contribution in [0.1, 0.15) is 68.2 Å². The van der Waals surface area contributed by atoms with Gasteiger partial charge < -0.3 is 10.1 Å². The summed E-state index contributed by atoms with van der Waals surface area (Å²) in [7, 11) is 1.75. The molecule has 1 saturated carbocycles. The molecule has 2 heteroatoms. The van der Waals surface area contributed by atoms with Gasteiger partial charge in [0.25, 0.3) is 0 Å². The molecule has 0 amide bonds. The van der Waals surface area contributed by atoms with Crippen LogP contribution in [0.4, 0.5) is 0 Å². The Morgan fingerprint density at radius 1 is 1.19 bits per heavy atom. The van der Waals surface area contributed by atoms with Crippen molar-refractivity contribution in [3.8, 4) is 5.75 Å². The van der Waals surface area contributed by atoms with Gasteiger partial charge in [0.1, 0.15) is 5.75 Å². The molecule has 1 fully saturated rings. The molecule has 0 aliphatic heterocycles. The molecule has 2 rings (SSSR count). The second kappa shape index (κ2) is 7.84. The zero-order valence-corrected chi connectivity index (χ0v) is 14.2. The van der Waals surface area contributed by atoms with Crippen molar-refractivity contribution in [1.29, 1.82) is 0 Å². The van der Waals surface area contributed by atoms with E-state index in [-0.39, 0.29) is 0 Å². The normalized spacial score (nSPS) is 17.1. The van der Waals surface area contributed by atoms with Crippen molar-refractivity contribution in [3.63, 3.8) is 0 Å². The van der Waals surface area contributed by atoms with Gasteiger partial charge >= 0.3 is 0 Å². The maximum atomic E-state index is 5.44. The molecule has 1 aliphatic carbocycles. The van der Waals surface area contributed by atoms with Gasteiger partial charge in [-0.25, -0.2) is 0 Å². The first-order valence-electron chi connectivity index (χ1n) is 8.54. The summed E-state index contributed by atoms with van der Waals surface area (Å²) in [6.07, 6.45) is 8.39. The summed E-state index contributed by atoms with van der Waals surface area (Å²) >= 11 is 0. The predicted octanol–water partition coefficient (Wildman–Crippen LogP) is 4.93. The molecule has 0 aromatic heterocycles. The summed E-state index contributed by atoms with van der Waals surface area (Å²) in [5, 5.41) is 3.69. The quantitative estimate of drug-likeness (QED) is 0.768. The van der Waals surface area contributed by atoms with Crippen LogP contribution >= 0.6 is 0 Å². The van der Waals surface area contributed by atoms with Crippen molar-refractivity contribution in [2.45, 2.75) is 65.3 Å². The fourth-order valence-electron chi connectivity index (χ4n) is 3.72. The first-order chi connectivity index (χ1) is 10.2. The van der Waals surface area contributed by atoms with E-state index in [4.69, 9.17) is 4.74 Å². The average molecular weight is 289 g/mol. The van der Waals surface area contributed by atoms with Crippen LogP contribution in [0.5, 0.6) is 5.75 Å². The number of ether oxygens (including phenoxy) is 1. The molecule has 1 N–H and O–H groups in total. The second-order valence-corrected chi connectivity index (χ2v) is 6.52. The second-order valence-electron chi connectivity index (χ2n) is 6.52. The standard InChI is InChI=1S/C19H31NO/c1-5-20-18(11-10-16-8-6-7-9-16)17-12-15(3)19(21-4)13-14(17)2/h12-13,16,18,20H,5-11H2,1-4H3. The number of benzene rings is 1. The minimum absolute atomic E-state index is 0.486. The van der Waals surface area contributed by atoms with E-state index >= 15 is 0 Å². The highest BCUT2D eigenvalue weighted by Crippen LogP contribution is 2.33. The Balaban J connectivity index is 2.10. The maximum absolute atomic E-state index is 5.44. The van der Waals surface area contributed by atoms with E-state index < -0.39 is 0 Å². The predicted molar refractivity (Wildman–Crippen MR) is 90.1 cm³/mol. The van der Waals surface area contributed by atoms with Crippen LogP contribution in [-0.4, -0.2) is 13.7 Å². The largest absolute Gasteiger partial charge is 0.496 e. The van der Waals surface area contributed by atoms with E-state index in [1.54, 1.807) is 7.11 Å². The van der Waals surface area contributed by atoms with Crippen molar-refractivity contribution < 1.29 is 4.74 Å². The van der Waals surface area contributed by atoms with Crippen LogP contribution in [0.15, 0.2) is 12.1 Å². The number of rotatable bonds is 7. The monoisotopic (exact) mass is 289 g/mol. The third-order valence-corrected chi connectivity index (χ3v) is 4.95. The highest BCUT2D eigenvalue weighted by Gasteiger charge is 2.19. The number of methoxy groups -OCH3 is 1. The van der Waals surface area contributed by atoms with E-state index in [9.17, 15) is 0 Å². The molecule has 1 atom stereocenters. The van der Waals surface area contributed by atoms with Crippen LogP contribution < -0.4 is 10.1 Å². The molecule has 1 aromatic rings. The molecular formula is C19H31NO. The van der Waals surface area contributed by atoms with Crippen LogP contribution in [-0.2, 0) is 0 Å². The Labute approximate surface area is 130 Å². The Morgan fingerprint density at radius 2 is 1.90 bits per heavy atom. The molecule has 0 radical (unpaired) electrons. The molecule has 0 heterocycles. The highest BCUT2D eigenvalue weighted by molar-refractivity contribution is 5.42.